The molecule has 2 unspecified atom stereocenters. The third kappa shape index (κ3) is 1.99. The highest BCUT2D eigenvalue weighted by molar-refractivity contribution is 5.92. The maximum atomic E-state index is 12.5. The van der Waals surface area contributed by atoms with Crippen molar-refractivity contribution in [2.75, 3.05) is 19.8 Å². The Balaban J connectivity index is 2.24. The third-order valence-corrected chi connectivity index (χ3v) is 4.07. The first-order chi connectivity index (χ1) is 8.40. The Bertz CT molecular complexity index is 365. The highest BCUT2D eigenvalue weighted by Gasteiger charge is 2.50. The Morgan fingerprint density at radius 2 is 2.06 bits per heavy atom. The Labute approximate surface area is 106 Å². The fraction of sp³-hybridized carbons (Fsp3) is 0.833. The zero-order chi connectivity index (χ0) is 13.4. The lowest BCUT2D eigenvalue weighted by Crippen LogP contribution is -2.65. The van der Waals surface area contributed by atoms with Crippen LogP contribution in [0, 0.1) is 0 Å². The number of carboxylic acids is 1. The minimum Gasteiger partial charge on any atom is -0.480 e. The quantitative estimate of drug-likeness (QED) is 0.723. The molecule has 1 amide bonds. The summed E-state index contributed by atoms with van der Waals surface area (Å²) >= 11 is 0. The fourth-order valence-electron chi connectivity index (χ4n) is 2.69. The van der Waals surface area contributed by atoms with E-state index < -0.39 is 17.0 Å². The van der Waals surface area contributed by atoms with E-state index in [1.807, 2.05) is 0 Å². The molecular weight excluding hydrogens is 236 g/mol. The van der Waals surface area contributed by atoms with E-state index in [9.17, 15) is 14.7 Å². The molecule has 6 heteroatoms. The number of carboxylic acid groups (broad SMARTS) is 1. The summed E-state index contributed by atoms with van der Waals surface area (Å²) in [5.74, 6) is -1.25. The topological polar surface area (TPSA) is 92.9 Å². The number of amides is 1. The van der Waals surface area contributed by atoms with Gasteiger partial charge in [0.15, 0.2) is 0 Å². The number of piperidine rings is 1. The largest absolute Gasteiger partial charge is 0.480 e. The molecule has 0 aromatic heterocycles. The van der Waals surface area contributed by atoms with E-state index in [0.717, 1.165) is 12.8 Å². The number of rotatable bonds is 2. The van der Waals surface area contributed by atoms with E-state index in [1.165, 1.54) is 4.90 Å². The number of nitrogens with two attached hydrogens (primary N) is 1. The van der Waals surface area contributed by atoms with Gasteiger partial charge in [-0.2, -0.15) is 0 Å². The Hall–Kier alpha value is -1.14. The molecule has 0 aromatic carbocycles. The molecule has 2 rings (SSSR count). The van der Waals surface area contributed by atoms with Crippen LogP contribution in [-0.4, -0.2) is 52.7 Å². The van der Waals surface area contributed by atoms with E-state index in [0.29, 0.717) is 26.0 Å². The molecule has 18 heavy (non-hydrogen) atoms. The van der Waals surface area contributed by atoms with Crippen molar-refractivity contribution in [2.45, 2.75) is 43.7 Å². The molecule has 0 radical (unpaired) electrons. The van der Waals surface area contributed by atoms with Crippen molar-refractivity contribution in [1.29, 1.82) is 0 Å². The van der Waals surface area contributed by atoms with Crippen LogP contribution in [-0.2, 0) is 14.3 Å². The van der Waals surface area contributed by atoms with Crippen LogP contribution < -0.4 is 5.73 Å². The lowest BCUT2D eigenvalue weighted by Gasteiger charge is -2.44. The lowest BCUT2D eigenvalue weighted by atomic mass is 9.85. The number of carbonyl (C=O) groups is 2. The van der Waals surface area contributed by atoms with Gasteiger partial charge in [-0.25, -0.2) is 4.79 Å². The number of ether oxygens (including phenoxy) is 1. The van der Waals surface area contributed by atoms with Gasteiger partial charge in [0.2, 0.25) is 5.91 Å². The second-order valence-electron chi connectivity index (χ2n) is 5.45. The van der Waals surface area contributed by atoms with Gasteiger partial charge in [0, 0.05) is 13.2 Å². The summed E-state index contributed by atoms with van der Waals surface area (Å²) in [4.78, 5) is 25.4. The summed E-state index contributed by atoms with van der Waals surface area (Å²) < 4.78 is 5.18. The van der Waals surface area contributed by atoms with Crippen LogP contribution in [0.3, 0.4) is 0 Å². The normalized spacial score (nSPS) is 36.7. The number of nitrogens with zero attached hydrogens (tertiary/aromatic N) is 1. The first kappa shape index (κ1) is 13.3. The molecule has 0 spiro atoms. The fourth-order valence-corrected chi connectivity index (χ4v) is 2.69. The van der Waals surface area contributed by atoms with Crippen LogP contribution in [0.15, 0.2) is 0 Å². The molecule has 6 nitrogen and oxygen atoms in total. The molecule has 2 heterocycles. The minimum atomic E-state index is -1.13. The van der Waals surface area contributed by atoms with Crippen molar-refractivity contribution in [3.05, 3.63) is 0 Å². The molecule has 2 atom stereocenters. The van der Waals surface area contributed by atoms with E-state index in [2.05, 4.69) is 0 Å². The van der Waals surface area contributed by atoms with Gasteiger partial charge >= 0.3 is 5.97 Å². The molecule has 0 aromatic rings. The third-order valence-electron chi connectivity index (χ3n) is 4.07. The maximum absolute atomic E-state index is 12.5. The maximum Gasteiger partial charge on any atom is 0.329 e. The van der Waals surface area contributed by atoms with Crippen LogP contribution in [0.4, 0.5) is 0 Å². The average molecular weight is 256 g/mol. The molecule has 3 N–H and O–H groups in total. The summed E-state index contributed by atoms with van der Waals surface area (Å²) in [7, 11) is 0. The van der Waals surface area contributed by atoms with Crippen molar-refractivity contribution in [3.8, 4) is 0 Å². The summed E-state index contributed by atoms with van der Waals surface area (Å²) in [5.41, 5.74) is 3.86. The van der Waals surface area contributed by atoms with Crippen LogP contribution in [0.1, 0.15) is 32.6 Å². The number of carbonyl (C=O) groups excluding carboxylic acids is 1. The predicted molar refractivity (Wildman–Crippen MR) is 64.0 cm³/mol. The molecule has 0 saturated carbocycles. The van der Waals surface area contributed by atoms with Gasteiger partial charge < -0.3 is 20.5 Å². The van der Waals surface area contributed by atoms with Gasteiger partial charge in [-0.1, -0.05) is 0 Å². The van der Waals surface area contributed by atoms with Crippen molar-refractivity contribution in [3.63, 3.8) is 0 Å². The minimum absolute atomic E-state index is 0.179. The monoisotopic (exact) mass is 256 g/mol. The van der Waals surface area contributed by atoms with Gasteiger partial charge in [0.05, 0.1) is 6.61 Å². The second-order valence-corrected chi connectivity index (χ2v) is 5.45. The zero-order valence-electron chi connectivity index (χ0n) is 10.6. The second kappa shape index (κ2) is 4.51. The molecule has 2 fully saturated rings. The van der Waals surface area contributed by atoms with Crippen molar-refractivity contribution in [1.82, 2.24) is 4.90 Å². The van der Waals surface area contributed by atoms with Crippen molar-refractivity contribution < 1.29 is 19.4 Å². The van der Waals surface area contributed by atoms with Gasteiger partial charge in [0.25, 0.3) is 0 Å². The number of likely N-dealkylation sites (tertiary alicyclic amines) is 1. The highest BCUT2D eigenvalue weighted by Crippen LogP contribution is 2.31. The number of hydrogen-bond acceptors (Lipinski definition) is 4. The SMILES string of the molecule is CC1(C(=O)O)CCCCN1C(=O)C1(N)CCOC1. The van der Waals surface area contributed by atoms with Crippen molar-refractivity contribution in [2.24, 2.45) is 5.73 Å². The Morgan fingerprint density at radius 1 is 1.33 bits per heavy atom. The highest BCUT2D eigenvalue weighted by atomic mass is 16.5. The van der Waals surface area contributed by atoms with Crippen LogP contribution >= 0.6 is 0 Å². The molecule has 2 aliphatic heterocycles. The van der Waals surface area contributed by atoms with E-state index in [4.69, 9.17) is 10.5 Å². The molecule has 2 aliphatic rings. The summed E-state index contributed by atoms with van der Waals surface area (Å²) in [6, 6.07) is 0. The van der Waals surface area contributed by atoms with Gasteiger partial charge in [-0.05, 0) is 32.6 Å². The smallest absolute Gasteiger partial charge is 0.329 e. The zero-order valence-corrected chi connectivity index (χ0v) is 10.6. The van der Waals surface area contributed by atoms with E-state index in [1.54, 1.807) is 6.92 Å². The van der Waals surface area contributed by atoms with Crippen LogP contribution in [0.5, 0.6) is 0 Å². The summed E-state index contributed by atoms with van der Waals surface area (Å²) in [6.07, 6.45) is 2.58. The lowest BCUT2D eigenvalue weighted by molar-refractivity contribution is -0.163. The Kier molecular flexibility index (Phi) is 3.33. The standard InChI is InChI=1S/C12H20N2O4/c1-11(10(16)17)4-2-3-6-14(11)9(15)12(13)5-7-18-8-12/h2-8,13H2,1H3,(H,16,17). The molecular formula is C12H20N2O4. The summed E-state index contributed by atoms with van der Waals surface area (Å²) in [5, 5.41) is 9.38. The molecule has 2 saturated heterocycles. The van der Waals surface area contributed by atoms with Gasteiger partial charge in [-0.3, -0.25) is 4.79 Å². The first-order valence-corrected chi connectivity index (χ1v) is 6.32. The predicted octanol–water partition coefficient (Wildman–Crippen LogP) is -0.0400. The van der Waals surface area contributed by atoms with Crippen molar-refractivity contribution >= 4 is 11.9 Å². The molecule has 0 aliphatic carbocycles. The van der Waals surface area contributed by atoms with E-state index >= 15 is 0 Å². The first-order valence-electron chi connectivity index (χ1n) is 6.32. The number of hydrogen-bond donors (Lipinski definition) is 2. The molecule has 102 valence electrons. The number of aliphatic carboxylic acids is 1. The van der Waals surface area contributed by atoms with Crippen LogP contribution in [0.2, 0.25) is 0 Å². The van der Waals surface area contributed by atoms with Gasteiger partial charge in [0.1, 0.15) is 11.1 Å². The Morgan fingerprint density at radius 3 is 2.61 bits per heavy atom. The van der Waals surface area contributed by atoms with Crippen LogP contribution in [0.25, 0.3) is 0 Å². The van der Waals surface area contributed by atoms with Gasteiger partial charge in [-0.15, -0.1) is 0 Å². The van der Waals surface area contributed by atoms with E-state index in [-0.39, 0.29) is 12.5 Å². The average Bonchev–Trinajstić information content (AvgIpc) is 2.77. The summed E-state index contributed by atoms with van der Waals surface area (Å²) in [6.45, 7) is 2.70. The molecule has 0 bridgehead atoms.